The molecule has 2 aliphatic heterocycles. The maximum Gasteiger partial charge on any atom is 0.242 e. The average Bonchev–Trinajstić information content (AvgIpc) is 2.73. The van der Waals surface area contributed by atoms with E-state index in [9.17, 15) is 21.6 Å². The molecule has 1 aromatic rings. The van der Waals surface area contributed by atoms with Gasteiger partial charge in [-0.1, -0.05) is 12.1 Å². The Bertz CT molecular complexity index is 765. The highest BCUT2D eigenvalue weighted by Crippen LogP contribution is 2.41. The molecule has 1 N–H and O–H groups in total. The minimum Gasteiger partial charge on any atom is -0.378 e. The molecule has 2 heterocycles. The van der Waals surface area contributed by atoms with Crippen molar-refractivity contribution in [1.82, 2.24) is 4.90 Å². The first-order valence-electron chi connectivity index (χ1n) is 7.74. The summed E-state index contributed by atoms with van der Waals surface area (Å²) in [5.41, 5.74) is 0.665. The maximum atomic E-state index is 14.2. The van der Waals surface area contributed by atoms with Crippen molar-refractivity contribution in [2.24, 2.45) is 0 Å². The van der Waals surface area contributed by atoms with Crippen molar-refractivity contribution in [2.75, 3.05) is 25.5 Å². The zero-order valence-electron chi connectivity index (χ0n) is 13.2. The lowest BCUT2D eigenvalue weighted by molar-refractivity contribution is 0.149. The molecule has 0 saturated carbocycles. The lowest BCUT2D eigenvalue weighted by Crippen LogP contribution is -2.46. The molecule has 0 unspecified atom stereocenters. The van der Waals surface area contributed by atoms with Gasteiger partial charge in [-0.25, -0.2) is 21.6 Å². The molecule has 132 valence electrons. The van der Waals surface area contributed by atoms with Gasteiger partial charge in [0.25, 0.3) is 0 Å². The average molecular weight is 360 g/mol. The molecular formula is C16H19F3N2O2S. The summed E-state index contributed by atoms with van der Waals surface area (Å²) in [6.45, 7) is 0.975. The molecule has 2 aliphatic rings. The van der Waals surface area contributed by atoms with E-state index in [-0.39, 0.29) is 28.3 Å². The number of alkyl halides is 3. The minimum atomic E-state index is -3.80. The molecular weight excluding hydrogens is 341 g/mol. The number of rotatable bonds is 4. The second-order valence-electron chi connectivity index (χ2n) is 6.28. The maximum absolute atomic E-state index is 14.2. The fourth-order valence-corrected chi connectivity index (χ4v) is 4.92. The van der Waals surface area contributed by atoms with Crippen LogP contribution in [0, 0.1) is 0 Å². The Kier molecular flexibility index (Phi) is 4.61. The van der Waals surface area contributed by atoms with Crippen LogP contribution in [0.25, 0.3) is 5.57 Å². The van der Waals surface area contributed by atoms with Gasteiger partial charge in [0.05, 0.1) is 11.7 Å². The summed E-state index contributed by atoms with van der Waals surface area (Å²) < 4.78 is 64.3. The fourth-order valence-electron chi connectivity index (χ4n) is 3.26. The molecule has 0 bridgehead atoms. The van der Waals surface area contributed by atoms with Crippen molar-refractivity contribution < 1.29 is 21.6 Å². The number of nitrogens with one attached hydrogen (secondary N) is 1. The monoisotopic (exact) mass is 360 g/mol. The van der Waals surface area contributed by atoms with Crippen molar-refractivity contribution in [1.29, 1.82) is 0 Å². The minimum absolute atomic E-state index is 0.0215. The van der Waals surface area contributed by atoms with Gasteiger partial charge in [0.15, 0.2) is 0 Å². The highest BCUT2D eigenvalue weighted by molar-refractivity contribution is 7.95. The molecule has 0 aliphatic carbocycles. The summed E-state index contributed by atoms with van der Waals surface area (Å²) in [5.74, 6) is 0. The molecule has 8 heteroatoms. The molecule has 0 radical (unpaired) electrons. The van der Waals surface area contributed by atoms with Gasteiger partial charge in [-0.3, -0.25) is 0 Å². The van der Waals surface area contributed by atoms with Crippen LogP contribution in [0.15, 0.2) is 28.5 Å². The van der Waals surface area contributed by atoms with E-state index >= 15 is 0 Å². The van der Waals surface area contributed by atoms with Crippen LogP contribution in [0.3, 0.4) is 0 Å². The third-order valence-corrected chi connectivity index (χ3v) is 6.01. The van der Waals surface area contributed by atoms with Crippen LogP contribution >= 0.6 is 0 Å². The van der Waals surface area contributed by atoms with Gasteiger partial charge in [0, 0.05) is 24.9 Å². The Morgan fingerprint density at radius 2 is 2.12 bits per heavy atom. The number of piperidine rings is 1. The largest absolute Gasteiger partial charge is 0.378 e. The number of sulfone groups is 1. The van der Waals surface area contributed by atoms with Gasteiger partial charge in [-0.15, -0.1) is 0 Å². The smallest absolute Gasteiger partial charge is 0.242 e. The Balaban J connectivity index is 1.92. The summed E-state index contributed by atoms with van der Waals surface area (Å²) in [6, 6.07) is 4.17. The molecule has 2 atom stereocenters. The number of hydrogen-bond acceptors (Lipinski definition) is 4. The number of hydrogen-bond donors (Lipinski definition) is 1. The Morgan fingerprint density at radius 3 is 2.79 bits per heavy atom. The zero-order chi connectivity index (χ0) is 17.5. The second kappa shape index (κ2) is 6.40. The summed E-state index contributed by atoms with van der Waals surface area (Å²) in [4.78, 5) is 1.85. The highest BCUT2D eigenvalue weighted by Gasteiger charge is 2.33. The van der Waals surface area contributed by atoms with Crippen LogP contribution in [0.1, 0.15) is 18.4 Å². The van der Waals surface area contributed by atoms with E-state index in [1.54, 1.807) is 12.1 Å². The number of anilines is 1. The summed E-state index contributed by atoms with van der Waals surface area (Å²) in [6.07, 6.45) is -3.83. The molecule has 1 fully saturated rings. The number of halogens is 3. The third kappa shape index (κ3) is 3.30. The van der Waals surface area contributed by atoms with E-state index in [1.165, 1.54) is 6.07 Å². The van der Waals surface area contributed by atoms with Gasteiger partial charge in [-0.05, 0) is 30.7 Å². The Labute approximate surface area is 139 Å². The Morgan fingerprint density at radius 1 is 1.38 bits per heavy atom. The van der Waals surface area contributed by atoms with Crippen molar-refractivity contribution in [3.05, 3.63) is 29.2 Å². The number of likely N-dealkylation sites (tertiary alicyclic amines) is 1. The predicted molar refractivity (Wildman–Crippen MR) is 86.6 cm³/mol. The number of nitrogens with zero attached hydrogens (tertiary/aromatic N) is 1. The predicted octanol–water partition coefficient (Wildman–Crippen LogP) is 2.92. The number of fused-ring (bicyclic) bond motifs is 1. The highest BCUT2D eigenvalue weighted by atomic mass is 32.2. The van der Waals surface area contributed by atoms with Crippen LogP contribution in [0.4, 0.5) is 18.9 Å². The first-order chi connectivity index (χ1) is 11.3. The normalized spacial score (nSPS) is 26.3. The van der Waals surface area contributed by atoms with Gasteiger partial charge in [0.2, 0.25) is 16.3 Å². The molecule has 1 aromatic carbocycles. The van der Waals surface area contributed by atoms with E-state index in [0.717, 1.165) is 5.41 Å². The summed E-state index contributed by atoms with van der Waals surface area (Å²) >= 11 is 0. The van der Waals surface area contributed by atoms with Crippen LogP contribution in [0.5, 0.6) is 0 Å². The Hall–Kier alpha value is -1.54. The van der Waals surface area contributed by atoms with Crippen molar-refractivity contribution >= 4 is 21.1 Å². The van der Waals surface area contributed by atoms with Gasteiger partial charge in [0.1, 0.15) is 11.1 Å². The quantitative estimate of drug-likeness (QED) is 0.897. The zero-order valence-corrected chi connectivity index (χ0v) is 14.0. The second-order valence-corrected chi connectivity index (χ2v) is 8.02. The van der Waals surface area contributed by atoms with Gasteiger partial charge < -0.3 is 10.2 Å². The fraction of sp³-hybridized carbons (Fsp3) is 0.500. The number of benzene rings is 1. The topological polar surface area (TPSA) is 49.4 Å². The molecule has 0 aromatic heterocycles. The molecule has 0 spiro atoms. The van der Waals surface area contributed by atoms with Crippen LogP contribution in [0.2, 0.25) is 0 Å². The third-order valence-electron chi connectivity index (χ3n) is 4.40. The van der Waals surface area contributed by atoms with Crippen LogP contribution < -0.4 is 5.32 Å². The summed E-state index contributed by atoms with van der Waals surface area (Å²) in [7, 11) is -1.97. The van der Waals surface area contributed by atoms with E-state index in [0.29, 0.717) is 13.0 Å². The molecule has 4 nitrogen and oxygen atoms in total. The van der Waals surface area contributed by atoms with Crippen LogP contribution in [-0.2, 0) is 9.84 Å². The first kappa shape index (κ1) is 17.3. The molecule has 0 amide bonds. The van der Waals surface area contributed by atoms with Crippen LogP contribution in [-0.4, -0.2) is 52.1 Å². The van der Waals surface area contributed by atoms with E-state index in [2.05, 4.69) is 5.32 Å². The number of allylic oxidation sites excluding steroid dienone is 1. The lowest BCUT2D eigenvalue weighted by Gasteiger charge is -2.33. The van der Waals surface area contributed by atoms with E-state index < -0.39 is 34.9 Å². The van der Waals surface area contributed by atoms with Crippen molar-refractivity contribution in [3.63, 3.8) is 0 Å². The van der Waals surface area contributed by atoms with E-state index in [1.807, 2.05) is 11.9 Å². The molecule has 24 heavy (non-hydrogen) atoms. The lowest BCUT2D eigenvalue weighted by atomic mass is 10.0. The van der Waals surface area contributed by atoms with Gasteiger partial charge >= 0.3 is 0 Å². The summed E-state index contributed by atoms with van der Waals surface area (Å²) in [5, 5.41) is 3.88. The van der Waals surface area contributed by atoms with E-state index in [4.69, 9.17) is 0 Å². The molecule has 3 rings (SSSR count). The van der Waals surface area contributed by atoms with Gasteiger partial charge in [-0.2, -0.15) is 0 Å². The van der Waals surface area contributed by atoms with Crippen molar-refractivity contribution in [2.45, 2.75) is 36.4 Å². The molecule has 1 saturated heterocycles. The van der Waals surface area contributed by atoms with Crippen molar-refractivity contribution in [3.8, 4) is 0 Å². The first-order valence-corrected chi connectivity index (χ1v) is 9.29. The standard InChI is InChI=1S/C16H19F3N2O2S/c1-21-6-5-13(12(17)8-21)20-14-4-2-3-11-10(7-15(18)19)9-24(22,23)16(11)14/h2-4,9,12-13,15,20H,5-8H2,1H3/t12-,13+/m1/s1. The SMILES string of the molecule is CN1CC[C@H](Nc2cccc3c2S(=O)(=O)C=C3CC(F)F)[C@H](F)C1.